The quantitative estimate of drug-likeness (QED) is 0.596. The fourth-order valence-electron chi connectivity index (χ4n) is 2.80. The van der Waals surface area contributed by atoms with Crippen molar-refractivity contribution in [2.75, 3.05) is 29.4 Å². The molecule has 2 aromatic carbocycles. The average molecular weight is 421 g/mol. The topological polar surface area (TPSA) is 66.5 Å². The van der Waals surface area contributed by atoms with Crippen LogP contribution < -0.4 is 9.62 Å². The summed E-state index contributed by atoms with van der Waals surface area (Å²) >= 11 is 1.73. The predicted octanol–water partition coefficient (Wildman–Crippen LogP) is 3.63. The number of amides is 1. The summed E-state index contributed by atoms with van der Waals surface area (Å²) in [6.45, 7) is 4.29. The van der Waals surface area contributed by atoms with Gasteiger partial charge in [0.25, 0.3) is 0 Å². The van der Waals surface area contributed by atoms with Crippen LogP contribution in [0.2, 0.25) is 0 Å². The molecule has 0 aliphatic rings. The van der Waals surface area contributed by atoms with Crippen molar-refractivity contribution in [1.29, 1.82) is 0 Å². The minimum absolute atomic E-state index is 0.151. The summed E-state index contributed by atoms with van der Waals surface area (Å²) in [6.07, 6.45) is 1.13. The lowest BCUT2D eigenvalue weighted by Gasteiger charge is -2.25. The molecule has 0 saturated heterocycles. The lowest BCUT2D eigenvalue weighted by atomic mass is 10.0. The van der Waals surface area contributed by atoms with Gasteiger partial charge in [0.05, 0.1) is 11.9 Å². The molecule has 2 aromatic rings. The van der Waals surface area contributed by atoms with Gasteiger partial charge < -0.3 is 5.32 Å². The van der Waals surface area contributed by atoms with Crippen molar-refractivity contribution in [1.82, 2.24) is 5.32 Å². The molecule has 0 unspecified atom stereocenters. The number of anilines is 1. The van der Waals surface area contributed by atoms with Crippen LogP contribution in [0.5, 0.6) is 0 Å². The van der Waals surface area contributed by atoms with Gasteiger partial charge in [-0.05, 0) is 23.1 Å². The van der Waals surface area contributed by atoms with Crippen LogP contribution in [0.4, 0.5) is 5.69 Å². The van der Waals surface area contributed by atoms with E-state index in [-0.39, 0.29) is 18.4 Å². The maximum Gasteiger partial charge on any atom is 0.240 e. The fourth-order valence-corrected chi connectivity index (χ4v) is 4.49. The van der Waals surface area contributed by atoms with Crippen LogP contribution in [0.15, 0.2) is 54.6 Å². The SMILES string of the molecule is CC(C)c1ccccc1N(CC(=O)NCCSCc1ccccc1)S(C)(=O)=O. The van der Waals surface area contributed by atoms with Crippen LogP contribution in [0.3, 0.4) is 0 Å². The Hall–Kier alpha value is -1.99. The van der Waals surface area contributed by atoms with Crippen molar-refractivity contribution in [2.24, 2.45) is 0 Å². The molecule has 1 amide bonds. The number of nitrogens with one attached hydrogen (secondary N) is 1. The number of benzene rings is 2. The molecular weight excluding hydrogens is 392 g/mol. The monoisotopic (exact) mass is 420 g/mol. The number of hydrogen-bond acceptors (Lipinski definition) is 4. The summed E-state index contributed by atoms with van der Waals surface area (Å²) in [6, 6.07) is 17.5. The van der Waals surface area contributed by atoms with Crippen molar-refractivity contribution >= 4 is 33.4 Å². The highest BCUT2D eigenvalue weighted by Gasteiger charge is 2.23. The largest absolute Gasteiger partial charge is 0.354 e. The van der Waals surface area contributed by atoms with Crippen molar-refractivity contribution in [3.63, 3.8) is 0 Å². The number of nitrogens with zero attached hydrogens (tertiary/aromatic N) is 1. The van der Waals surface area contributed by atoms with E-state index in [1.807, 2.05) is 44.2 Å². The minimum Gasteiger partial charge on any atom is -0.354 e. The second kappa shape index (κ2) is 10.5. The average Bonchev–Trinajstić information content (AvgIpc) is 2.65. The molecule has 0 aliphatic carbocycles. The number of rotatable bonds is 10. The van der Waals surface area contributed by atoms with Gasteiger partial charge in [0.2, 0.25) is 15.9 Å². The Morgan fingerprint density at radius 2 is 1.71 bits per heavy atom. The number of hydrogen-bond donors (Lipinski definition) is 1. The molecule has 0 bridgehead atoms. The van der Waals surface area contributed by atoms with Crippen LogP contribution in [0.1, 0.15) is 30.9 Å². The van der Waals surface area contributed by atoms with Crippen LogP contribution in [-0.2, 0) is 20.6 Å². The van der Waals surface area contributed by atoms with E-state index in [9.17, 15) is 13.2 Å². The number of para-hydroxylation sites is 1. The second-order valence-electron chi connectivity index (χ2n) is 6.87. The third kappa shape index (κ3) is 6.87. The van der Waals surface area contributed by atoms with Crippen LogP contribution in [0, 0.1) is 0 Å². The molecule has 152 valence electrons. The third-order valence-corrected chi connectivity index (χ3v) is 6.35. The number of sulfonamides is 1. The third-order valence-electron chi connectivity index (χ3n) is 4.20. The zero-order chi connectivity index (χ0) is 20.6. The molecular formula is C21H28N2O3S2. The highest BCUT2D eigenvalue weighted by molar-refractivity contribution is 7.98. The maximum atomic E-state index is 12.4. The predicted molar refractivity (Wildman–Crippen MR) is 118 cm³/mol. The summed E-state index contributed by atoms with van der Waals surface area (Å²) in [5, 5.41) is 2.82. The lowest BCUT2D eigenvalue weighted by molar-refractivity contribution is -0.119. The Morgan fingerprint density at radius 1 is 1.07 bits per heavy atom. The first kappa shape index (κ1) is 22.3. The van der Waals surface area contributed by atoms with E-state index in [0.717, 1.165) is 23.3 Å². The van der Waals surface area contributed by atoms with Gasteiger partial charge in [0, 0.05) is 18.1 Å². The first-order valence-electron chi connectivity index (χ1n) is 9.24. The van der Waals surface area contributed by atoms with Gasteiger partial charge in [-0.1, -0.05) is 62.4 Å². The van der Waals surface area contributed by atoms with Crippen LogP contribution in [0.25, 0.3) is 0 Å². The lowest BCUT2D eigenvalue weighted by Crippen LogP contribution is -2.41. The molecule has 5 nitrogen and oxygen atoms in total. The smallest absolute Gasteiger partial charge is 0.240 e. The number of thioether (sulfide) groups is 1. The first-order valence-corrected chi connectivity index (χ1v) is 12.2. The second-order valence-corrected chi connectivity index (χ2v) is 9.88. The van der Waals surface area contributed by atoms with Gasteiger partial charge in [0.1, 0.15) is 6.54 Å². The Balaban J connectivity index is 1.92. The van der Waals surface area contributed by atoms with Crippen molar-refractivity contribution in [2.45, 2.75) is 25.5 Å². The summed E-state index contributed by atoms with van der Waals surface area (Å²) in [5.41, 5.74) is 2.71. The van der Waals surface area contributed by atoms with Crippen molar-refractivity contribution in [3.8, 4) is 0 Å². The van der Waals surface area contributed by atoms with Gasteiger partial charge in [-0.3, -0.25) is 9.10 Å². The molecule has 28 heavy (non-hydrogen) atoms. The fraction of sp³-hybridized carbons (Fsp3) is 0.381. The molecule has 0 aromatic heterocycles. The minimum atomic E-state index is -3.57. The Kier molecular flexibility index (Phi) is 8.38. The zero-order valence-electron chi connectivity index (χ0n) is 16.6. The highest BCUT2D eigenvalue weighted by Crippen LogP contribution is 2.28. The normalized spacial score (nSPS) is 11.4. The van der Waals surface area contributed by atoms with Crippen LogP contribution >= 0.6 is 11.8 Å². The zero-order valence-corrected chi connectivity index (χ0v) is 18.2. The van der Waals surface area contributed by atoms with Gasteiger partial charge in [-0.15, -0.1) is 0 Å². The summed E-state index contributed by atoms with van der Waals surface area (Å²) in [4.78, 5) is 12.4. The highest BCUT2D eigenvalue weighted by atomic mass is 32.2. The number of carbonyl (C=O) groups is 1. The molecule has 0 spiro atoms. The Morgan fingerprint density at radius 3 is 2.36 bits per heavy atom. The van der Waals surface area contributed by atoms with E-state index in [4.69, 9.17) is 0 Å². The van der Waals surface area contributed by atoms with Gasteiger partial charge in [0.15, 0.2) is 0 Å². The number of carbonyl (C=O) groups excluding carboxylic acids is 1. The maximum absolute atomic E-state index is 12.4. The van der Waals surface area contributed by atoms with E-state index in [0.29, 0.717) is 12.2 Å². The molecule has 0 saturated carbocycles. The Bertz CT molecular complexity index is 868. The van der Waals surface area contributed by atoms with E-state index < -0.39 is 10.0 Å². The van der Waals surface area contributed by atoms with Gasteiger partial charge in [-0.2, -0.15) is 11.8 Å². The van der Waals surface area contributed by atoms with Crippen molar-refractivity contribution < 1.29 is 13.2 Å². The van der Waals surface area contributed by atoms with E-state index in [2.05, 4.69) is 17.4 Å². The molecule has 0 aliphatic heterocycles. The van der Waals surface area contributed by atoms with Crippen molar-refractivity contribution in [3.05, 3.63) is 65.7 Å². The molecule has 7 heteroatoms. The van der Waals surface area contributed by atoms with E-state index in [1.165, 1.54) is 9.87 Å². The van der Waals surface area contributed by atoms with Gasteiger partial charge in [-0.25, -0.2) is 8.42 Å². The standard InChI is InChI=1S/C21H28N2O3S2/c1-17(2)19-11-7-8-12-20(19)23(28(3,25)26)15-21(24)22-13-14-27-16-18-9-5-4-6-10-18/h4-12,17H,13-16H2,1-3H3,(H,22,24). The van der Waals surface area contributed by atoms with E-state index in [1.54, 1.807) is 23.9 Å². The van der Waals surface area contributed by atoms with E-state index >= 15 is 0 Å². The van der Waals surface area contributed by atoms with Gasteiger partial charge >= 0.3 is 0 Å². The summed E-state index contributed by atoms with van der Waals surface area (Å²) in [5.74, 6) is 1.50. The molecule has 1 N–H and O–H groups in total. The first-order chi connectivity index (χ1) is 13.3. The molecule has 2 rings (SSSR count). The molecule has 0 atom stereocenters. The molecule has 0 fully saturated rings. The molecule has 0 heterocycles. The molecule has 0 radical (unpaired) electrons. The Labute approximate surface area is 172 Å². The van der Waals surface area contributed by atoms with Crippen LogP contribution in [-0.4, -0.2) is 39.4 Å². The summed E-state index contributed by atoms with van der Waals surface area (Å²) < 4.78 is 25.8. The summed E-state index contributed by atoms with van der Waals surface area (Å²) in [7, 11) is -3.57.